The first-order chi connectivity index (χ1) is 6.74. The fourth-order valence-corrected chi connectivity index (χ4v) is 1.23. The zero-order valence-corrected chi connectivity index (χ0v) is 8.54. The van der Waals surface area contributed by atoms with E-state index in [1.165, 1.54) is 0 Å². The predicted molar refractivity (Wildman–Crippen MR) is 59.0 cm³/mol. The summed E-state index contributed by atoms with van der Waals surface area (Å²) in [6.07, 6.45) is 0. The highest BCUT2D eigenvalue weighted by atomic mass is 32.1. The van der Waals surface area contributed by atoms with Gasteiger partial charge in [-0.1, -0.05) is 30.3 Å². The number of hydrogen-bond acceptors (Lipinski definition) is 3. The van der Waals surface area contributed by atoms with E-state index in [0.29, 0.717) is 6.61 Å². The third-order valence-electron chi connectivity index (χ3n) is 1.92. The van der Waals surface area contributed by atoms with Gasteiger partial charge in [-0.15, -0.1) is 0 Å². The predicted octanol–water partition coefficient (Wildman–Crippen LogP) is 1.02. The first-order valence-corrected chi connectivity index (χ1v) is 4.73. The fraction of sp³-hybridized carbons (Fsp3) is 0.300. The van der Waals surface area contributed by atoms with Gasteiger partial charge in [-0.05, 0) is 17.8 Å². The molecule has 1 aromatic carbocycles. The molecule has 0 fully saturated rings. The van der Waals surface area contributed by atoms with Crippen LogP contribution in [0.2, 0.25) is 0 Å². The third kappa shape index (κ3) is 3.32. The molecule has 0 aliphatic carbocycles. The summed E-state index contributed by atoms with van der Waals surface area (Å²) in [6.45, 7) is 0.336. The summed E-state index contributed by atoms with van der Waals surface area (Å²) in [5.41, 5.74) is 6.22. The first-order valence-electron chi connectivity index (χ1n) is 4.32. The molecule has 1 atom stereocenters. The van der Waals surface area contributed by atoms with Gasteiger partial charge in [0.15, 0.2) is 0 Å². The second-order valence-electron chi connectivity index (χ2n) is 2.92. The van der Waals surface area contributed by atoms with Gasteiger partial charge in [0.25, 0.3) is 5.17 Å². The molecule has 0 unspecified atom stereocenters. The molecule has 4 heteroatoms. The highest BCUT2D eigenvalue weighted by Gasteiger charge is 2.10. The van der Waals surface area contributed by atoms with Gasteiger partial charge < -0.3 is 15.6 Å². The van der Waals surface area contributed by atoms with Crippen molar-refractivity contribution in [3.8, 4) is 0 Å². The smallest absolute Gasteiger partial charge is 0.253 e. The molecule has 1 aromatic rings. The van der Waals surface area contributed by atoms with E-state index in [2.05, 4.69) is 12.2 Å². The summed E-state index contributed by atoms with van der Waals surface area (Å²) in [5, 5.41) is 9.14. The van der Waals surface area contributed by atoms with E-state index in [4.69, 9.17) is 15.6 Å². The van der Waals surface area contributed by atoms with Crippen LogP contribution in [0.5, 0.6) is 0 Å². The van der Waals surface area contributed by atoms with Crippen molar-refractivity contribution < 1.29 is 9.84 Å². The SMILES string of the molecule is NC(=S)OC[C@@H](CO)c1ccccc1. The maximum absolute atomic E-state index is 9.13. The summed E-state index contributed by atoms with van der Waals surface area (Å²) in [7, 11) is 0. The second kappa shape index (κ2) is 5.57. The van der Waals surface area contributed by atoms with E-state index in [0.717, 1.165) is 5.56 Å². The van der Waals surface area contributed by atoms with Crippen LogP contribution in [-0.4, -0.2) is 23.5 Å². The van der Waals surface area contributed by atoms with E-state index < -0.39 is 0 Å². The van der Waals surface area contributed by atoms with E-state index >= 15 is 0 Å². The van der Waals surface area contributed by atoms with Gasteiger partial charge >= 0.3 is 0 Å². The maximum atomic E-state index is 9.13. The largest absolute Gasteiger partial charge is 0.470 e. The van der Waals surface area contributed by atoms with Crippen molar-refractivity contribution in [1.29, 1.82) is 0 Å². The number of hydrogen-bond donors (Lipinski definition) is 2. The Balaban J connectivity index is 2.58. The Morgan fingerprint density at radius 2 is 2.07 bits per heavy atom. The van der Waals surface area contributed by atoms with Crippen LogP contribution < -0.4 is 5.73 Å². The van der Waals surface area contributed by atoms with E-state index in [9.17, 15) is 0 Å². The zero-order chi connectivity index (χ0) is 10.4. The van der Waals surface area contributed by atoms with Gasteiger partial charge in [0.05, 0.1) is 13.2 Å². The Kier molecular flexibility index (Phi) is 4.35. The summed E-state index contributed by atoms with van der Waals surface area (Å²) in [4.78, 5) is 0. The summed E-state index contributed by atoms with van der Waals surface area (Å²) < 4.78 is 5.00. The van der Waals surface area contributed by atoms with Gasteiger partial charge in [0.2, 0.25) is 0 Å². The molecule has 0 heterocycles. The van der Waals surface area contributed by atoms with Gasteiger partial charge in [0.1, 0.15) is 0 Å². The lowest BCUT2D eigenvalue weighted by molar-refractivity contribution is 0.200. The number of rotatable bonds is 4. The van der Waals surface area contributed by atoms with Crippen LogP contribution in [0.15, 0.2) is 30.3 Å². The van der Waals surface area contributed by atoms with Crippen molar-refractivity contribution in [3.63, 3.8) is 0 Å². The Bertz CT molecular complexity index is 289. The molecule has 0 aliphatic rings. The summed E-state index contributed by atoms with van der Waals surface area (Å²) >= 11 is 4.59. The minimum Gasteiger partial charge on any atom is -0.470 e. The highest BCUT2D eigenvalue weighted by molar-refractivity contribution is 7.80. The number of nitrogens with two attached hydrogens (primary N) is 1. The minimum absolute atomic E-state index is 0.0133. The molecule has 0 saturated carbocycles. The molecule has 0 bridgehead atoms. The molecule has 3 N–H and O–H groups in total. The molecule has 0 aliphatic heterocycles. The third-order valence-corrected chi connectivity index (χ3v) is 2.04. The van der Waals surface area contributed by atoms with Crippen LogP contribution in [0.4, 0.5) is 0 Å². The quantitative estimate of drug-likeness (QED) is 0.730. The Morgan fingerprint density at radius 3 is 2.57 bits per heavy atom. The lowest BCUT2D eigenvalue weighted by atomic mass is 10.0. The molecular formula is C10H13NO2S. The van der Waals surface area contributed by atoms with Crippen LogP contribution in [-0.2, 0) is 4.74 Å². The van der Waals surface area contributed by atoms with E-state index in [1.54, 1.807) is 0 Å². The molecule has 0 spiro atoms. The molecule has 0 saturated heterocycles. The van der Waals surface area contributed by atoms with Gasteiger partial charge in [0, 0.05) is 5.92 Å². The lowest BCUT2D eigenvalue weighted by Gasteiger charge is -2.14. The van der Waals surface area contributed by atoms with Crippen molar-refractivity contribution >= 4 is 17.4 Å². The lowest BCUT2D eigenvalue weighted by Crippen LogP contribution is -2.19. The maximum Gasteiger partial charge on any atom is 0.253 e. The van der Waals surface area contributed by atoms with E-state index in [-0.39, 0.29) is 17.7 Å². The highest BCUT2D eigenvalue weighted by Crippen LogP contribution is 2.14. The average molecular weight is 211 g/mol. The average Bonchev–Trinajstić information content (AvgIpc) is 2.20. The van der Waals surface area contributed by atoms with Crippen molar-refractivity contribution in [2.24, 2.45) is 5.73 Å². The number of ether oxygens (including phenoxy) is 1. The van der Waals surface area contributed by atoms with Crippen molar-refractivity contribution in [1.82, 2.24) is 0 Å². The van der Waals surface area contributed by atoms with E-state index in [1.807, 2.05) is 30.3 Å². The first kappa shape index (κ1) is 10.9. The standard InChI is InChI=1S/C10H13NO2S/c11-10(14)13-7-9(6-12)8-4-2-1-3-5-8/h1-5,9,12H,6-7H2,(H2,11,14)/t9-/m1/s1. The monoisotopic (exact) mass is 211 g/mol. The van der Waals surface area contributed by atoms with Gasteiger partial charge in [-0.25, -0.2) is 0 Å². The number of benzene rings is 1. The van der Waals surface area contributed by atoms with Crippen molar-refractivity contribution in [2.75, 3.05) is 13.2 Å². The Labute approximate surface area is 88.5 Å². The molecular weight excluding hydrogens is 198 g/mol. The second-order valence-corrected chi connectivity index (χ2v) is 3.32. The van der Waals surface area contributed by atoms with Gasteiger partial charge in [-0.2, -0.15) is 0 Å². The molecule has 1 rings (SSSR count). The van der Waals surface area contributed by atoms with Crippen LogP contribution in [0.1, 0.15) is 11.5 Å². The number of thiocarbonyl (C=S) groups is 1. The molecule has 0 radical (unpaired) electrons. The van der Waals surface area contributed by atoms with Crippen LogP contribution in [0.3, 0.4) is 0 Å². The summed E-state index contributed by atoms with van der Waals surface area (Å²) in [5.74, 6) is -0.0716. The minimum atomic E-state index is -0.0716. The van der Waals surface area contributed by atoms with Crippen LogP contribution in [0.25, 0.3) is 0 Å². The fourth-order valence-electron chi connectivity index (χ4n) is 1.16. The number of aliphatic hydroxyl groups is 1. The molecule has 76 valence electrons. The Morgan fingerprint density at radius 1 is 1.43 bits per heavy atom. The molecule has 0 amide bonds. The van der Waals surface area contributed by atoms with Crippen LogP contribution >= 0.6 is 12.2 Å². The molecule has 0 aromatic heterocycles. The molecule has 14 heavy (non-hydrogen) atoms. The topological polar surface area (TPSA) is 55.5 Å². The number of aliphatic hydroxyl groups excluding tert-OH is 1. The van der Waals surface area contributed by atoms with Crippen molar-refractivity contribution in [2.45, 2.75) is 5.92 Å². The van der Waals surface area contributed by atoms with Crippen LogP contribution in [0, 0.1) is 0 Å². The van der Waals surface area contributed by atoms with Crippen molar-refractivity contribution in [3.05, 3.63) is 35.9 Å². The zero-order valence-electron chi connectivity index (χ0n) is 7.72. The summed E-state index contributed by atoms with van der Waals surface area (Å²) in [6, 6.07) is 9.62. The Hall–Kier alpha value is -1.13. The normalized spacial score (nSPS) is 12.1. The molecule has 3 nitrogen and oxygen atoms in total. The van der Waals surface area contributed by atoms with Gasteiger partial charge in [-0.3, -0.25) is 0 Å².